The van der Waals surface area contributed by atoms with E-state index in [0.717, 1.165) is 0 Å². The topological polar surface area (TPSA) is 50.4 Å². The lowest BCUT2D eigenvalue weighted by atomic mass is 10.1. The van der Waals surface area contributed by atoms with Crippen LogP contribution < -0.4 is 0 Å². The maximum Gasteiger partial charge on any atom is 0.372 e. The number of aromatic carboxylic acids is 1. The van der Waals surface area contributed by atoms with Crippen LogP contribution in [-0.4, -0.2) is 11.1 Å². The van der Waals surface area contributed by atoms with Crippen LogP contribution in [0.5, 0.6) is 0 Å². The van der Waals surface area contributed by atoms with E-state index in [1.54, 1.807) is 6.07 Å². The van der Waals surface area contributed by atoms with Gasteiger partial charge in [-0.1, -0.05) is 19.1 Å². The highest BCUT2D eigenvalue weighted by atomic mass is 19.1. The molecule has 0 aliphatic heterocycles. The normalized spacial score (nSPS) is 10.8. The maximum absolute atomic E-state index is 13.3. The molecule has 2 rings (SSSR count). The van der Waals surface area contributed by atoms with Gasteiger partial charge in [-0.2, -0.15) is 0 Å². The Kier molecular flexibility index (Phi) is 2.19. The average molecular weight is 208 g/mol. The van der Waals surface area contributed by atoms with Gasteiger partial charge in [-0.3, -0.25) is 0 Å². The molecular weight excluding hydrogens is 199 g/mol. The molecule has 0 amide bonds. The van der Waals surface area contributed by atoms with Crippen LogP contribution in [0.4, 0.5) is 4.39 Å². The largest absolute Gasteiger partial charge is 0.475 e. The standard InChI is InChI=1S/C11H9FO3/c1-2-6-7-4-3-5-8(12)9(7)15-10(6)11(13)14/h3-5H,2H2,1H3,(H,13,14). The molecule has 0 atom stereocenters. The molecule has 0 aliphatic carbocycles. The predicted octanol–water partition coefficient (Wildman–Crippen LogP) is 2.83. The van der Waals surface area contributed by atoms with E-state index in [0.29, 0.717) is 17.4 Å². The molecule has 2 aromatic rings. The molecule has 0 aliphatic rings. The van der Waals surface area contributed by atoms with Crippen molar-refractivity contribution in [3.8, 4) is 0 Å². The summed E-state index contributed by atoms with van der Waals surface area (Å²) < 4.78 is 18.3. The zero-order valence-electron chi connectivity index (χ0n) is 8.08. The molecule has 1 aromatic heterocycles. The summed E-state index contributed by atoms with van der Waals surface area (Å²) in [5.74, 6) is -1.87. The van der Waals surface area contributed by atoms with Gasteiger partial charge >= 0.3 is 5.97 Å². The van der Waals surface area contributed by atoms with Crippen LogP contribution in [0.1, 0.15) is 23.0 Å². The van der Waals surface area contributed by atoms with Crippen molar-refractivity contribution < 1.29 is 18.7 Å². The Morgan fingerprint density at radius 2 is 2.27 bits per heavy atom. The first-order valence-electron chi connectivity index (χ1n) is 4.58. The van der Waals surface area contributed by atoms with Gasteiger partial charge in [-0.05, 0) is 12.5 Å². The van der Waals surface area contributed by atoms with Gasteiger partial charge < -0.3 is 9.52 Å². The number of aryl methyl sites for hydroxylation is 1. The molecule has 78 valence electrons. The third-order valence-corrected chi connectivity index (χ3v) is 2.32. The molecule has 0 saturated carbocycles. The summed E-state index contributed by atoms with van der Waals surface area (Å²) in [6.45, 7) is 1.81. The third kappa shape index (κ3) is 1.38. The smallest absolute Gasteiger partial charge is 0.372 e. The second kappa shape index (κ2) is 3.38. The Labute approximate surface area is 85.1 Å². The van der Waals surface area contributed by atoms with E-state index in [1.807, 2.05) is 6.92 Å². The molecule has 4 heteroatoms. The second-order valence-corrected chi connectivity index (χ2v) is 3.18. The summed E-state index contributed by atoms with van der Waals surface area (Å²) in [6, 6.07) is 4.45. The zero-order valence-corrected chi connectivity index (χ0v) is 8.08. The number of carbonyl (C=O) groups is 1. The molecule has 1 N–H and O–H groups in total. The molecule has 15 heavy (non-hydrogen) atoms. The molecule has 0 radical (unpaired) electrons. The minimum Gasteiger partial charge on any atom is -0.475 e. The lowest BCUT2D eigenvalue weighted by molar-refractivity contribution is 0.0663. The molecule has 0 spiro atoms. The third-order valence-electron chi connectivity index (χ3n) is 2.32. The fourth-order valence-electron chi connectivity index (χ4n) is 1.66. The highest BCUT2D eigenvalue weighted by molar-refractivity contribution is 5.95. The zero-order chi connectivity index (χ0) is 11.0. The number of rotatable bonds is 2. The number of carboxylic acid groups (broad SMARTS) is 1. The number of halogens is 1. The van der Waals surface area contributed by atoms with Crippen molar-refractivity contribution in [2.45, 2.75) is 13.3 Å². The van der Waals surface area contributed by atoms with Crippen molar-refractivity contribution >= 4 is 16.9 Å². The monoisotopic (exact) mass is 208 g/mol. The quantitative estimate of drug-likeness (QED) is 0.825. The van der Waals surface area contributed by atoms with E-state index < -0.39 is 11.8 Å². The van der Waals surface area contributed by atoms with E-state index in [9.17, 15) is 9.18 Å². The van der Waals surface area contributed by atoms with Crippen LogP contribution in [0.15, 0.2) is 22.6 Å². The van der Waals surface area contributed by atoms with Crippen LogP contribution in [0, 0.1) is 5.82 Å². The van der Waals surface area contributed by atoms with Crippen molar-refractivity contribution in [1.29, 1.82) is 0 Å². The highest BCUT2D eigenvalue weighted by Crippen LogP contribution is 2.28. The molecular formula is C11H9FO3. The Morgan fingerprint density at radius 3 is 2.87 bits per heavy atom. The highest BCUT2D eigenvalue weighted by Gasteiger charge is 2.19. The summed E-state index contributed by atoms with van der Waals surface area (Å²) in [4.78, 5) is 10.8. The molecule has 0 fully saturated rings. The number of hydrogen-bond acceptors (Lipinski definition) is 2. The van der Waals surface area contributed by atoms with Crippen molar-refractivity contribution in [3.63, 3.8) is 0 Å². The number of benzene rings is 1. The van der Waals surface area contributed by atoms with Gasteiger partial charge in [-0.25, -0.2) is 9.18 Å². The van der Waals surface area contributed by atoms with E-state index in [2.05, 4.69) is 0 Å². The Hall–Kier alpha value is -1.84. The summed E-state index contributed by atoms with van der Waals surface area (Å²) in [6.07, 6.45) is 0.498. The molecule has 0 unspecified atom stereocenters. The summed E-state index contributed by atoms with van der Waals surface area (Å²) >= 11 is 0. The van der Waals surface area contributed by atoms with Crippen molar-refractivity contribution in [3.05, 3.63) is 35.3 Å². The van der Waals surface area contributed by atoms with E-state index in [1.165, 1.54) is 12.1 Å². The Bertz CT molecular complexity index is 528. The second-order valence-electron chi connectivity index (χ2n) is 3.18. The molecule has 0 saturated heterocycles. The van der Waals surface area contributed by atoms with Crippen molar-refractivity contribution in [1.82, 2.24) is 0 Å². The van der Waals surface area contributed by atoms with Gasteiger partial charge in [-0.15, -0.1) is 0 Å². The first-order valence-corrected chi connectivity index (χ1v) is 4.58. The van der Waals surface area contributed by atoms with Crippen LogP contribution in [-0.2, 0) is 6.42 Å². The predicted molar refractivity (Wildman–Crippen MR) is 52.5 cm³/mol. The van der Waals surface area contributed by atoms with Gasteiger partial charge in [0.15, 0.2) is 11.4 Å². The van der Waals surface area contributed by atoms with E-state index in [-0.39, 0.29) is 11.3 Å². The van der Waals surface area contributed by atoms with E-state index in [4.69, 9.17) is 9.52 Å². The lowest BCUT2D eigenvalue weighted by Gasteiger charge is -1.93. The van der Waals surface area contributed by atoms with Gasteiger partial charge in [0, 0.05) is 10.9 Å². The molecule has 0 bridgehead atoms. The number of para-hydroxylation sites is 1. The minimum absolute atomic E-state index is 0.0201. The summed E-state index contributed by atoms with van der Waals surface area (Å²) in [5.41, 5.74) is 0.559. The number of carboxylic acids is 1. The number of hydrogen-bond donors (Lipinski definition) is 1. The maximum atomic E-state index is 13.3. The van der Waals surface area contributed by atoms with Gasteiger partial charge in [0.1, 0.15) is 0 Å². The molecule has 1 heterocycles. The Balaban J connectivity index is 2.84. The number of fused-ring (bicyclic) bond motifs is 1. The first-order chi connectivity index (χ1) is 7.15. The molecule has 3 nitrogen and oxygen atoms in total. The van der Waals surface area contributed by atoms with Gasteiger partial charge in [0.2, 0.25) is 5.76 Å². The number of furan rings is 1. The van der Waals surface area contributed by atoms with Gasteiger partial charge in [0.25, 0.3) is 0 Å². The minimum atomic E-state index is -1.16. The summed E-state index contributed by atoms with van der Waals surface area (Å²) in [7, 11) is 0. The molecule has 1 aromatic carbocycles. The van der Waals surface area contributed by atoms with E-state index >= 15 is 0 Å². The van der Waals surface area contributed by atoms with Crippen molar-refractivity contribution in [2.24, 2.45) is 0 Å². The fraction of sp³-hybridized carbons (Fsp3) is 0.182. The lowest BCUT2D eigenvalue weighted by Crippen LogP contribution is -1.97. The Morgan fingerprint density at radius 1 is 1.53 bits per heavy atom. The average Bonchev–Trinajstić information content (AvgIpc) is 2.57. The van der Waals surface area contributed by atoms with Crippen molar-refractivity contribution in [2.75, 3.05) is 0 Å². The van der Waals surface area contributed by atoms with Crippen LogP contribution in [0.3, 0.4) is 0 Å². The van der Waals surface area contributed by atoms with Crippen LogP contribution >= 0.6 is 0 Å². The first kappa shape index (κ1) is 9.71. The van der Waals surface area contributed by atoms with Crippen LogP contribution in [0.2, 0.25) is 0 Å². The summed E-state index contributed by atoms with van der Waals surface area (Å²) in [5, 5.41) is 9.41. The van der Waals surface area contributed by atoms with Crippen LogP contribution in [0.25, 0.3) is 11.0 Å². The fourth-order valence-corrected chi connectivity index (χ4v) is 1.66. The van der Waals surface area contributed by atoms with Gasteiger partial charge in [0.05, 0.1) is 0 Å². The SMILES string of the molecule is CCc1c(C(=O)O)oc2c(F)cccc12.